The standard InChI is InChI=1S/C21H19Cl2N3O3S/c1-13-6-9-17(24-21(27)25-20-14(2)4-3-5-18(20)23)12-19(13)30(28,29)26-16-10-7-15(22)8-11-16/h3-12,26H,1-2H3,(H2,24,25,27). The van der Waals surface area contributed by atoms with Gasteiger partial charge in [-0.15, -0.1) is 0 Å². The normalized spacial score (nSPS) is 11.1. The molecular formula is C21H19Cl2N3O3S. The van der Waals surface area contributed by atoms with Crippen LogP contribution in [0.4, 0.5) is 21.9 Å². The van der Waals surface area contributed by atoms with E-state index in [0.717, 1.165) is 5.56 Å². The van der Waals surface area contributed by atoms with Crippen LogP contribution in [0.3, 0.4) is 0 Å². The van der Waals surface area contributed by atoms with Crippen molar-refractivity contribution in [2.75, 3.05) is 15.4 Å². The third kappa shape index (κ3) is 5.24. The molecule has 3 rings (SSSR count). The summed E-state index contributed by atoms with van der Waals surface area (Å²) in [6, 6.07) is 15.7. The van der Waals surface area contributed by atoms with Crippen LogP contribution >= 0.6 is 23.2 Å². The number of hydrogen-bond acceptors (Lipinski definition) is 3. The van der Waals surface area contributed by atoms with E-state index in [1.54, 1.807) is 55.5 Å². The van der Waals surface area contributed by atoms with Crippen LogP contribution in [-0.4, -0.2) is 14.4 Å². The van der Waals surface area contributed by atoms with Gasteiger partial charge in [0.05, 0.1) is 15.6 Å². The molecule has 0 aliphatic heterocycles. The Labute approximate surface area is 185 Å². The van der Waals surface area contributed by atoms with Gasteiger partial charge in [0.1, 0.15) is 0 Å². The maximum Gasteiger partial charge on any atom is 0.323 e. The van der Waals surface area contributed by atoms with E-state index in [4.69, 9.17) is 23.2 Å². The van der Waals surface area contributed by atoms with Gasteiger partial charge in [0, 0.05) is 16.4 Å². The first-order valence-corrected chi connectivity index (χ1v) is 11.1. The maximum atomic E-state index is 12.8. The van der Waals surface area contributed by atoms with Crippen LogP contribution in [0.5, 0.6) is 0 Å². The Morgan fingerprint density at radius 3 is 2.17 bits per heavy atom. The number of halogens is 2. The summed E-state index contributed by atoms with van der Waals surface area (Å²) in [5, 5.41) is 6.23. The molecule has 156 valence electrons. The van der Waals surface area contributed by atoms with Crippen molar-refractivity contribution in [3.63, 3.8) is 0 Å². The van der Waals surface area contributed by atoms with Crippen molar-refractivity contribution in [1.82, 2.24) is 0 Å². The molecule has 0 aliphatic carbocycles. The second kappa shape index (κ2) is 8.95. The van der Waals surface area contributed by atoms with E-state index in [9.17, 15) is 13.2 Å². The van der Waals surface area contributed by atoms with Gasteiger partial charge in [-0.05, 0) is 67.4 Å². The fourth-order valence-electron chi connectivity index (χ4n) is 2.76. The Balaban J connectivity index is 1.80. The van der Waals surface area contributed by atoms with Crippen molar-refractivity contribution in [2.45, 2.75) is 18.7 Å². The number of carbonyl (C=O) groups excluding carboxylic acids is 1. The van der Waals surface area contributed by atoms with Crippen LogP contribution in [-0.2, 0) is 10.0 Å². The summed E-state index contributed by atoms with van der Waals surface area (Å²) >= 11 is 12.0. The van der Waals surface area contributed by atoms with Gasteiger partial charge < -0.3 is 10.6 Å². The molecule has 3 N–H and O–H groups in total. The van der Waals surface area contributed by atoms with Crippen molar-refractivity contribution in [3.05, 3.63) is 81.8 Å². The maximum absolute atomic E-state index is 12.8. The van der Waals surface area contributed by atoms with Gasteiger partial charge in [-0.1, -0.05) is 41.4 Å². The van der Waals surface area contributed by atoms with Gasteiger partial charge >= 0.3 is 6.03 Å². The first-order chi connectivity index (χ1) is 14.2. The minimum atomic E-state index is -3.87. The van der Waals surface area contributed by atoms with Crippen molar-refractivity contribution in [3.8, 4) is 0 Å². The molecular weight excluding hydrogens is 445 g/mol. The number of urea groups is 1. The highest BCUT2D eigenvalue weighted by molar-refractivity contribution is 7.92. The van der Waals surface area contributed by atoms with Crippen molar-refractivity contribution in [2.24, 2.45) is 0 Å². The van der Waals surface area contributed by atoms with E-state index in [-0.39, 0.29) is 4.90 Å². The molecule has 0 unspecified atom stereocenters. The molecule has 30 heavy (non-hydrogen) atoms. The smallest absolute Gasteiger partial charge is 0.308 e. The van der Waals surface area contributed by atoms with Crippen LogP contribution in [0, 0.1) is 13.8 Å². The Hall–Kier alpha value is -2.74. The van der Waals surface area contributed by atoms with Crippen molar-refractivity contribution in [1.29, 1.82) is 0 Å². The molecule has 0 saturated heterocycles. The van der Waals surface area contributed by atoms with Crippen molar-refractivity contribution < 1.29 is 13.2 Å². The number of benzene rings is 3. The Kier molecular flexibility index (Phi) is 6.55. The first kappa shape index (κ1) is 22.0. The lowest BCUT2D eigenvalue weighted by atomic mass is 10.2. The highest BCUT2D eigenvalue weighted by Crippen LogP contribution is 2.26. The lowest BCUT2D eigenvalue weighted by Crippen LogP contribution is -2.21. The highest BCUT2D eigenvalue weighted by atomic mass is 35.5. The Bertz CT molecular complexity index is 1180. The molecule has 0 saturated carbocycles. The molecule has 0 bridgehead atoms. The average Bonchev–Trinajstić information content (AvgIpc) is 2.68. The molecule has 0 atom stereocenters. The predicted molar refractivity (Wildman–Crippen MR) is 122 cm³/mol. The predicted octanol–water partition coefficient (Wildman–Crippen LogP) is 6.06. The van der Waals surface area contributed by atoms with Crippen LogP contribution in [0.25, 0.3) is 0 Å². The number of hydrogen-bond donors (Lipinski definition) is 3. The van der Waals surface area contributed by atoms with Gasteiger partial charge in [-0.25, -0.2) is 13.2 Å². The Morgan fingerprint density at radius 2 is 1.50 bits per heavy atom. The molecule has 0 spiro atoms. The lowest BCUT2D eigenvalue weighted by Gasteiger charge is -2.14. The SMILES string of the molecule is Cc1ccc(NC(=O)Nc2c(C)cccc2Cl)cc1S(=O)(=O)Nc1ccc(Cl)cc1. The van der Waals surface area contributed by atoms with Crippen molar-refractivity contribution >= 4 is 56.3 Å². The number of carbonyl (C=O) groups is 1. The first-order valence-electron chi connectivity index (χ1n) is 8.88. The fraction of sp³-hybridized carbons (Fsp3) is 0.0952. The van der Waals surface area contributed by atoms with E-state index >= 15 is 0 Å². The number of para-hydroxylation sites is 1. The van der Waals surface area contributed by atoms with Gasteiger partial charge in [0.2, 0.25) is 0 Å². The lowest BCUT2D eigenvalue weighted by molar-refractivity contribution is 0.262. The van der Waals surface area contributed by atoms with Crippen LogP contribution in [0.2, 0.25) is 10.0 Å². The zero-order chi connectivity index (χ0) is 21.9. The number of sulfonamides is 1. The summed E-state index contributed by atoms with van der Waals surface area (Å²) < 4.78 is 28.2. The molecule has 0 radical (unpaired) electrons. The zero-order valence-corrected chi connectivity index (χ0v) is 18.5. The summed E-state index contributed by atoms with van der Waals surface area (Å²) in [6.07, 6.45) is 0. The molecule has 9 heteroatoms. The van der Waals surface area contributed by atoms with E-state index in [1.807, 2.05) is 13.0 Å². The summed E-state index contributed by atoms with van der Waals surface area (Å²) in [4.78, 5) is 12.4. The van der Waals surface area contributed by atoms with E-state index in [2.05, 4.69) is 15.4 Å². The number of rotatable bonds is 5. The van der Waals surface area contributed by atoms with Crippen LogP contribution in [0.15, 0.2) is 65.6 Å². The van der Waals surface area contributed by atoms with E-state index in [1.165, 1.54) is 6.07 Å². The third-order valence-corrected chi connectivity index (χ3v) is 6.38. The number of amides is 2. The minimum absolute atomic E-state index is 0.0455. The summed E-state index contributed by atoms with van der Waals surface area (Å²) in [6.45, 7) is 3.49. The molecule has 0 heterocycles. The molecule has 0 aliphatic rings. The van der Waals surface area contributed by atoms with Crippen LogP contribution in [0.1, 0.15) is 11.1 Å². The van der Waals surface area contributed by atoms with Gasteiger partial charge in [-0.3, -0.25) is 4.72 Å². The van der Waals surface area contributed by atoms with Gasteiger partial charge in [0.15, 0.2) is 0 Å². The topological polar surface area (TPSA) is 87.3 Å². The molecule has 0 aromatic heterocycles. The van der Waals surface area contributed by atoms with E-state index in [0.29, 0.717) is 32.7 Å². The quantitative estimate of drug-likeness (QED) is 0.429. The second-order valence-corrected chi connectivity index (χ2v) is 9.10. The second-order valence-electron chi connectivity index (χ2n) is 6.60. The number of anilines is 3. The highest BCUT2D eigenvalue weighted by Gasteiger charge is 2.18. The molecule has 3 aromatic rings. The van der Waals surface area contributed by atoms with Gasteiger partial charge in [0.25, 0.3) is 10.0 Å². The number of nitrogens with one attached hydrogen (secondary N) is 3. The average molecular weight is 464 g/mol. The molecule has 2 amide bonds. The third-order valence-electron chi connectivity index (χ3n) is 4.29. The van der Waals surface area contributed by atoms with Gasteiger partial charge in [-0.2, -0.15) is 0 Å². The zero-order valence-electron chi connectivity index (χ0n) is 16.2. The number of aryl methyl sites for hydroxylation is 2. The summed E-state index contributed by atoms with van der Waals surface area (Å²) in [5.41, 5.74) is 2.52. The molecule has 0 fully saturated rings. The fourth-order valence-corrected chi connectivity index (χ4v) is 4.49. The Morgan fingerprint density at radius 1 is 0.833 bits per heavy atom. The molecule has 6 nitrogen and oxygen atoms in total. The molecule has 3 aromatic carbocycles. The summed E-state index contributed by atoms with van der Waals surface area (Å²) in [7, 11) is -3.87. The largest absolute Gasteiger partial charge is 0.323 e. The summed E-state index contributed by atoms with van der Waals surface area (Å²) in [5.74, 6) is 0. The van der Waals surface area contributed by atoms with E-state index < -0.39 is 16.1 Å². The van der Waals surface area contributed by atoms with Crippen LogP contribution < -0.4 is 15.4 Å². The monoisotopic (exact) mass is 463 g/mol. The minimum Gasteiger partial charge on any atom is -0.308 e.